The van der Waals surface area contributed by atoms with Crippen LogP contribution in [0.1, 0.15) is 0 Å². The van der Waals surface area contributed by atoms with Gasteiger partial charge in [0.2, 0.25) is 0 Å². The number of benzene rings is 2. The Bertz CT molecular complexity index is 640. The van der Waals surface area contributed by atoms with Crippen LogP contribution in [0.3, 0.4) is 0 Å². The fraction of sp³-hybridized carbons (Fsp3) is 0.278. The largest absolute Gasteiger partial charge is 0.497 e. The topological polar surface area (TPSA) is 62.8 Å². The molecule has 0 saturated heterocycles. The summed E-state index contributed by atoms with van der Waals surface area (Å²) < 4.78 is 10.6. The van der Waals surface area contributed by atoms with Crippen molar-refractivity contribution in [3.8, 4) is 11.5 Å². The highest BCUT2D eigenvalue weighted by molar-refractivity contribution is 5.89. The maximum absolute atomic E-state index is 11.8. The van der Waals surface area contributed by atoms with Crippen molar-refractivity contribution in [3.63, 3.8) is 0 Å². The molecule has 0 aromatic heterocycles. The molecule has 0 aliphatic carbocycles. The summed E-state index contributed by atoms with van der Waals surface area (Å²) in [7, 11) is 5.56. The Labute approximate surface area is 142 Å². The fourth-order valence-corrected chi connectivity index (χ4v) is 2.02. The van der Waals surface area contributed by atoms with Crippen molar-refractivity contribution in [1.82, 2.24) is 5.32 Å². The number of anilines is 2. The molecular weight excluding hydrogens is 306 g/mol. The van der Waals surface area contributed by atoms with E-state index in [4.69, 9.17) is 9.47 Å². The normalized spacial score (nSPS) is 9.96. The Hall–Kier alpha value is -2.89. The first-order valence-corrected chi connectivity index (χ1v) is 7.67. The van der Waals surface area contributed by atoms with E-state index in [-0.39, 0.29) is 6.03 Å². The van der Waals surface area contributed by atoms with Crippen molar-refractivity contribution >= 4 is 17.4 Å². The van der Waals surface area contributed by atoms with Crippen LogP contribution in [0, 0.1) is 0 Å². The monoisotopic (exact) mass is 329 g/mol. The molecule has 0 radical (unpaired) electrons. The van der Waals surface area contributed by atoms with E-state index in [0.29, 0.717) is 13.2 Å². The number of nitrogens with zero attached hydrogens (tertiary/aromatic N) is 1. The first kappa shape index (κ1) is 17.5. The lowest BCUT2D eigenvalue weighted by molar-refractivity contribution is 0.247. The minimum Gasteiger partial charge on any atom is -0.497 e. The van der Waals surface area contributed by atoms with Crippen LogP contribution in [-0.2, 0) is 0 Å². The second-order valence-corrected chi connectivity index (χ2v) is 5.35. The van der Waals surface area contributed by atoms with Crippen LogP contribution in [-0.4, -0.2) is 40.4 Å². The predicted octanol–water partition coefficient (Wildman–Crippen LogP) is 2.96. The molecule has 0 bridgehead atoms. The molecule has 0 aliphatic heterocycles. The summed E-state index contributed by atoms with van der Waals surface area (Å²) >= 11 is 0. The van der Waals surface area contributed by atoms with E-state index in [1.165, 1.54) is 0 Å². The summed E-state index contributed by atoms with van der Waals surface area (Å²) in [6, 6.07) is 14.7. The van der Waals surface area contributed by atoms with Gasteiger partial charge in [0.25, 0.3) is 0 Å². The Balaban J connectivity index is 1.69. The van der Waals surface area contributed by atoms with E-state index < -0.39 is 0 Å². The Morgan fingerprint density at radius 3 is 2.21 bits per heavy atom. The Morgan fingerprint density at radius 1 is 1.00 bits per heavy atom. The molecule has 6 nitrogen and oxygen atoms in total. The predicted molar refractivity (Wildman–Crippen MR) is 96.3 cm³/mol. The van der Waals surface area contributed by atoms with Crippen LogP contribution in [0.4, 0.5) is 16.2 Å². The van der Waals surface area contributed by atoms with Gasteiger partial charge in [-0.15, -0.1) is 0 Å². The lowest BCUT2D eigenvalue weighted by Crippen LogP contribution is -2.32. The molecule has 0 aliphatic rings. The SMILES string of the molecule is COc1ccc(OCCNC(=O)Nc2ccc(N(C)C)cc2)cc1. The van der Waals surface area contributed by atoms with Crippen molar-refractivity contribution in [1.29, 1.82) is 0 Å². The molecule has 24 heavy (non-hydrogen) atoms. The van der Waals surface area contributed by atoms with E-state index in [9.17, 15) is 4.79 Å². The molecule has 128 valence electrons. The number of urea groups is 1. The molecule has 0 atom stereocenters. The summed E-state index contributed by atoms with van der Waals surface area (Å²) in [5.41, 5.74) is 1.82. The lowest BCUT2D eigenvalue weighted by Gasteiger charge is -2.13. The van der Waals surface area contributed by atoms with Crippen molar-refractivity contribution in [2.24, 2.45) is 0 Å². The van der Waals surface area contributed by atoms with Crippen LogP contribution in [0.25, 0.3) is 0 Å². The number of nitrogens with one attached hydrogen (secondary N) is 2. The molecule has 6 heteroatoms. The zero-order valence-electron chi connectivity index (χ0n) is 14.2. The molecule has 0 spiro atoms. The number of hydrogen-bond acceptors (Lipinski definition) is 4. The summed E-state index contributed by atoms with van der Waals surface area (Å²) in [4.78, 5) is 13.8. The highest BCUT2D eigenvalue weighted by Gasteiger charge is 2.02. The third-order valence-electron chi connectivity index (χ3n) is 3.36. The molecule has 0 unspecified atom stereocenters. The molecule has 0 heterocycles. The van der Waals surface area contributed by atoms with Gasteiger partial charge in [-0.2, -0.15) is 0 Å². The van der Waals surface area contributed by atoms with Crippen LogP contribution in [0.2, 0.25) is 0 Å². The second kappa shape index (κ2) is 8.67. The van der Waals surface area contributed by atoms with Crippen molar-refractivity contribution in [2.75, 3.05) is 44.6 Å². The van der Waals surface area contributed by atoms with Crippen LogP contribution in [0.5, 0.6) is 11.5 Å². The highest BCUT2D eigenvalue weighted by Crippen LogP contribution is 2.17. The number of amides is 2. The summed E-state index contributed by atoms with van der Waals surface area (Å²) in [6.45, 7) is 0.799. The molecule has 0 saturated carbocycles. The maximum atomic E-state index is 11.8. The molecular formula is C18H23N3O3. The minimum atomic E-state index is -0.258. The van der Waals surface area contributed by atoms with Gasteiger partial charge in [-0.25, -0.2) is 4.79 Å². The van der Waals surface area contributed by atoms with Crippen molar-refractivity contribution in [2.45, 2.75) is 0 Å². The van der Waals surface area contributed by atoms with Crippen molar-refractivity contribution in [3.05, 3.63) is 48.5 Å². The van der Waals surface area contributed by atoms with Gasteiger partial charge in [0.05, 0.1) is 13.7 Å². The summed E-state index contributed by atoms with van der Waals surface area (Å²) in [5.74, 6) is 1.51. The molecule has 2 N–H and O–H groups in total. The van der Waals surface area contributed by atoms with E-state index >= 15 is 0 Å². The first-order chi connectivity index (χ1) is 11.6. The maximum Gasteiger partial charge on any atom is 0.319 e. The molecule has 2 rings (SSSR count). The van der Waals surface area contributed by atoms with Crippen LogP contribution < -0.4 is 25.0 Å². The zero-order chi connectivity index (χ0) is 17.4. The van der Waals surface area contributed by atoms with E-state index in [2.05, 4.69) is 10.6 Å². The number of carbonyl (C=O) groups excluding carboxylic acids is 1. The number of carbonyl (C=O) groups is 1. The van der Waals surface area contributed by atoms with Crippen LogP contribution >= 0.6 is 0 Å². The lowest BCUT2D eigenvalue weighted by atomic mass is 10.2. The molecule has 2 aromatic rings. The highest BCUT2D eigenvalue weighted by atomic mass is 16.5. The summed E-state index contributed by atoms with van der Waals surface area (Å²) in [6.07, 6.45) is 0. The third kappa shape index (κ3) is 5.39. The van der Waals surface area contributed by atoms with E-state index in [1.807, 2.05) is 67.5 Å². The number of rotatable bonds is 7. The average molecular weight is 329 g/mol. The summed E-state index contributed by atoms with van der Waals surface area (Å²) in [5, 5.41) is 5.53. The number of ether oxygens (including phenoxy) is 2. The minimum absolute atomic E-state index is 0.258. The van der Waals surface area contributed by atoms with Gasteiger partial charge in [-0.05, 0) is 48.5 Å². The quantitative estimate of drug-likeness (QED) is 0.767. The Kier molecular flexibility index (Phi) is 6.31. The average Bonchev–Trinajstić information content (AvgIpc) is 2.59. The van der Waals surface area contributed by atoms with Gasteiger partial charge in [0.1, 0.15) is 18.1 Å². The van der Waals surface area contributed by atoms with Gasteiger partial charge >= 0.3 is 6.03 Å². The van der Waals surface area contributed by atoms with Gasteiger partial charge in [-0.1, -0.05) is 0 Å². The van der Waals surface area contributed by atoms with E-state index in [0.717, 1.165) is 22.9 Å². The van der Waals surface area contributed by atoms with Crippen LogP contribution in [0.15, 0.2) is 48.5 Å². The second-order valence-electron chi connectivity index (χ2n) is 5.35. The van der Waals surface area contributed by atoms with Crippen molar-refractivity contribution < 1.29 is 14.3 Å². The van der Waals surface area contributed by atoms with Gasteiger partial charge < -0.3 is 25.0 Å². The molecule has 0 fully saturated rings. The molecule has 2 aromatic carbocycles. The Morgan fingerprint density at radius 2 is 1.62 bits per heavy atom. The number of hydrogen-bond donors (Lipinski definition) is 2. The zero-order valence-corrected chi connectivity index (χ0v) is 14.2. The first-order valence-electron chi connectivity index (χ1n) is 7.67. The fourth-order valence-electron chi connectivity index (χ4n) is 2.02. The standard InChI is InChI=1S/C18H23N3O3/c1-21(2)15-6-4-14(5-7-15)20-18(22)19-12-13-24-17-10-8-16(23-3)9-11-17/h4-11H,12-13H2,1-3H3,(H2,19,20,22). The van der Waals surface area contributed by atoms with E-state index in [1.54, 1.807) is 7.11 Å². The van der Waals surface area contributed by atoms with Gasteiger partial charge in [0.15, 0.2) is 0 Å². The van der Waals surface area contributed by atoms with Gasteiger partial charge in [-0.3, -0.25) is 0 Å². The third-order valence-corrected chi connectivity index (χ3v) is 3.36. The molecule has 2 amide bonds. The number of methoxy groups -OCH3 is 1. The van der Waals surface area contributed by atoms with Gasteiger partial charge in [0, 0.05) is 25.5 Å². The smallest absolute Gasteiger partial charge is 0.319 e.